The van der Waals surface area contributed by atoms with Crippen molar-refractivity contribution in [1.82, 2.24) is 0 Å². The van der Waals surface area contributed by atoms with Crippen LogP contribution in [-0.4, -0.2) is 11.0 Å². The van der Waals surface area contributed by atoms with E-state index >= 15 is 0 Å². The minimum Gasteiger partial charge on any atom is -0.624 e. The lowest BCUT2D eigenvalue weighted by atomic mass is 9.86. The van der Waals surface area contributed by atoms with Gasteiger partial charge in [0.2, 0.25) is 0 Å². The van der Waals surface area contributed by atoms with E-state index < -0.39 is 0 Å². The van der Waals surface area contributed by atoms with Crippen molar-refractivity contribution in [3.05, 3.63) is 113 Å². The van der Waals surface area contributed by atoms with Gasteiger partial charge in [-0.05, 0) is 17.5 Å². The highest BCUT2D eigenvalue weighted by Crippen LogP contribution is 2.57. The molecule has 0 spiro atoms. The number of nitrogens with zero attached hydrogens (tertiary/aromatic N) is 1. The van der Waals surface area contributed by atoms with Crippen molar-refractivity contribution in [3.8, 4) is 0 Å². The summed E-state index contributed by atoms with van der Waals surface area (Å²) in [7, 11) is 0. The summed E-state index contributed by atoms with van der Waals surface area (Å²) in [5, 5.41) is 12.5. The van der Waals surface area contributed by atoms with E-state index in [1.165, 1.54) is 11.1 Å². The van der Waals surface area contributed by atoms with Crippen LogP contribution < -0.4 is 0 Å². The first-order valence-corrected chi connectivity index (χ1v) is 8.73. The van der Waals surface area contributed by atoms with Crippen molar-refractivity contribution >= 4 is 6.21 Å². The molecule has 1 unspecified atom stereocenters. The molecule has 0 saturated heterocycles. The molecule has 0 aromatic heterocycles. The Morgan fingerprint density at radius 2 is 1.28 bits per heavy atom. The van der Waals surface area contributed by atoms with Gasteiger partial charge in [0.1, 0.15) is 0 Å². The van der Waals surface area contributed by atoms with Gasteiger partial charge in [-0.1, -0.05) is 91.0 Å². The van der Waals surface area contributed by atoms with E-state index in [4.69, 9.17) is 0 Å². The van der Waals surface area contributed by atoms with Gasteiger partial charge in [0, 0.05) is 11.0 Å². The Balaban J connectivity index is 1.64. The van der Waals surface area contributed by atoms with Crippen molar-refractivity contribution in [1.29, 1.82) is 0 Å². The number of hydroxylamine groups is 1. The molecule has 1 fully saturated rings. The Bertz CT molecular complexity index is 817. The maximum atomic E-state index is 12.5. The fourth-order valence-corrected chi connectivity index (χ4v) is 3.79. The molecule has 1 aliphatic rings. The Kier molecular flexibility index (Phi) is 4.10. The van der Waals surface area contributed by atoms with Gasteiger partial charge in [0.15, 0.2) is 12.8 Å². The molecule has 1 saturated carbocycles. The molecule has 1 aliphatic carbocycles. The fraction of sp³-hybridized carbons (Fsp3) is 0.174. The van der Waals surface area contributed by atoms with E-state index in [1.807, 2.05) is 48.7 Å². The summed E-state index contributed by atoms with van der Waals surface area (Å²) in [5.41, 5.74) is 3.55. The standard InChI is InChI=1S/C23H21NO/c25-24(17-19-10-4-1-5-11-19)18-22-16-23(22,20-12-6-2-7-13-20)21-14-8-3-9-15-21/h1-15,18,22H,16-17H2/b24-18-. The molecule has 3 aromatic rings. The molecule has 0 heterocycles. The van der Waals surface area contributed by atoms with Crippen LogP contribution in [0.3, 0.4) is 0 Å². The predicted molar refractivity (Wildman–Crippen MR) is 102 cm³/mol. The highest BCUT2D eigenvalue weighted by atomic mass is 16.5. The van der Waals surface area contributed by atoms with Gasteiger partial charge in [-0.25, -0.2) is 4.74 Å². The van der Waals surface area contributed by atoms with Crippen LogP contribution >= 0.6 is 0 Å². The molecule has 4 rings (SSSR count). The molecular formula is C23H21NO. The number of benzene rings is 3. The number of hydrogen-bond acceptors (Lipinski definition) is 1. The van der Waals surface area contributed by atoms with E-state index in [9.17, 15) is 5.21 Å². The minimum atomic E-state index is -0.0676. The van der Waals surface area contributed by atoms with E-state index in [1.54, 1.807) is 0 Å². The topological polar surface area (TPSA) is 26.1 Å². The van der Waals surface area contributed by atoms with E-state index in [2.05, 4.69) is 48.5 Å². The highest BCUT2D eigenvalue weighted by molar-refractivity contribution is 5.69. The third kappa shape index (κ3) is 3.08. The summed E-state index contributed by atoms with van der Waals surface area (Å²) in [6.45, 7) is 0.400. The molecule has 124 valence electrons. The first kappa shape index (κ1) is 15.6. The first-order valence-electron chi connectivity index (χ1n) is 8.73. The summed E-state index contributed by atoms with van der Waals surface area (Å²) >= 11 is 0. The van der Waals surface area contributed by atoms with Crippen LogP contribution in [0.15, 0.2) is 91.0 Å². The minimum absolute atomic E-state index is 0.0676. The Morgan fingerprint density at radius 3 is 1.80 bits per heavy atom. The van der Waals surface area contributed by atoms with Gasteiger partial charge in [0.25, 0.3) is 0 Å². The maximum absolute atomic E-state index is 12.5. The lowest BCUT2D eigenvalue weighted by Crippen LogP contribution is -2.15. The second-order valence-corrected chi connectivity index (χ2v) is 6.72. The smallest absolute Gasteiger partial charge is 0.178 e. The zero-order valence-corrected chi connectivity index (χ0v) is 14.1. The maximum Gasteiger partial charge on any atom is 0.178 e. The highest BCUT2D eigenvalue weighted by Gasteiger charge is 2.57. The van der Waals surface area contributed by atoms with Crippen LogP contribution in [0, 0.1) is 11.1 Å². The van der Waals surface area contributed by atoms with Crippen LogP contribution in [-0.2, 0) is 12.0 Å². The van der Waals surface area contributed by atoms with Crippen LogP contribution in [0.5, 0.6) is 0 Å². The van der Waals surface area contributed by atoms with Crippen LogP contribution in [0.4, 0.5) is 0 Å². The van der Waals surface area contributed by atoms with Crippen LogP contribution in [0.25, 0.3) is 0 Å². The van der Waals surface area contributed by atoms with Gasteiger partial charge in [-0.2, -0.15) is 0 Å². The van der Waals surface area contributed by atoms with Crippen molar-refractivity contribution in [2.75, 3.05) is 0 Å². The Labute approximate surface area is 148 Å². The van der Waals surface area contributed by atoms with Crippen molar-refractivity contribution < 1.29 is 4.74 Å². The summed E-state index contributed by atoms with van der Waals surface area (Å²) in [6, 6.07) is 31.0. The third-order valence-corrected chi connectivity index (χ3v) is 5.12. The van der Waals surface area contributed by atoms with Gasteiger partial charge >= 0.3 is 0 Å². The molecule has 1 atom stereocenters. The molecule has 2 heteroatoms. The van der Waals surface area contributed by atoms with Gasteiger partial charge < -0.3 is 5.21 Å². The summed E-state index contributed by atoms with van der Waals surface area (Å²) in [4.78, 5) is 0. The predicted octanol–water partition coefficient (Wildman–Crippen LogP) is 4.77. The summed E-state index contributed by atoms with van der Waals surface area (Å²) < 4.78 is 1.09. The van der Waals surface area contributed by atoms with Gasteiger partial charge in [0.05, 0.1) is 5.92 Å². The first-order chi connectivity index (χ1) is 12.3. The normalized spacial score (nSPS) is 18.7. The second kappa shape index (κ2) is 6.56. The molecular weight excluding hydrogens is 306 g/mol. The van der Waals surface area contributed by atoms with Crippen molar-refractivity contribution in [2.24, 2.45) is 5.92 Å². The Morgan fingerprint density at radius 1 is 0.800 bits per heavy atom. The van der Waals surface area contributed by atoms with Gasteiger partial charge in [-0.15, -0.1) is 0 Å². The SMILES string of the molecule is [O-]/[N+](=C\C1CC1(c1ccccc1)c1ccccc1)Cc1ccccc1. The molecule has 25 heavy (non-hydrogen) atoms. The van der Waals surface area contributed by atoms with E-state index in [-0.39, 0.29) is 11.3 Å². The third-order valence-electron chi connectivity index (χ3n) is 5.12. The number of hydrogen-bond donors (Lipinski definition) is 0. The molecule has 0 aliphatic heterocycles. The molecule has 0 bridgehead atoms. The average molecular weight is 327 g/mol. The molecule has 0 radical (unpaired) electrons. The van der Waals surface area contributed by atoms with Crippen LogP contribution in [0.1, 0.15) is 23.1 Å². The molecule has 0 amide bonds. The number of rotatable bonds is 5. The lowest BCUT2D eigenvalue weighted by molar-refractivity contribution is -0.471. The molecule has 3 aromatic carbocycles. The van der Waals surface area contributed by atoms with Crippen molar-refractivity contribution in [2.45, 2.75) is 18.4 Å². The lowest BCUT2D eigenvalue weighted by Gasteiger charge is -2.17. The van der Waals surface area contributed by atoms with E-state index in [0.29, 0.717) is 6.54 Å². The summed E-state index contributed by atoms with van der Waals surface area (Å²) in [6.07, 6.45) is 2.85. The zero-order chi connectivity index (χ0) is 17.1. The van der Waals surface area contributed by atoms with E-state index in [0.717, 1.165) is 16.7 Å². The monoisotopic (exact) mass is 327 g/mol. The largest absolute Gasteiger partial charge is 0.624 e. The average Bonchev–Trinajstić information content (AvgIpc) is 3.39. The fourth-order valence-electron chi connectivity index (χ4n) is 3.79. The summed E-state index contributed by atoms with van der Waals surface area (Å²) in [5.74, 6) is 0.235. The Hall–Kier alpha value is -2.87. The molecule has 2 nitrogen and oxygen atoms in total. The zero-order valence-electron chi connectivity index (χ0n) is 14.1. The van der Waals surface area contributed by atoms with Crippen LogP contribution in [0.2, 0.25) is 0 Å². The quantitative estimate of drug-likeness (QED) is 0.287. The van der Waals surface area contributed by atoms with Crippen molar-refractivity contribution in [3.63, 3.8) is 0 Å². The van der Waals surface area contributed by atoms with Gasteiger partial charge in [-0.3, -0.25) is 0 Å². The second-order valence-electron chi connectivity index (χ2n) is 6.72. The molecule has 0 N–H and O–H groups in total.